The van der Waals surface area contributed by atoms with Gasteiger partial charge in [0.1, 0.15) is 0 Å². The highest BCUT2D eigenvalue weighted by Crippen LogP contribution is 2.19. The zero-order valence-electron chi connectivity index (χ0n) is 10.3. The van der Waals surface area contributed by atoms with Gasteiger partial charge in [0.05, 0.1) is 23.9 Å². The largest absolute Gasteiger partial charge is 0.391 e. The maximum absolute atomic E-state index is 12.0. The van der Waals surface area contributed by atoms with E-state index in [1.165, 1.54) is 0 Å². The van der Waals surface area contributed by atoms with Gasteiger partial charge in [-0.15, -0.1) is 0 Å². The highest BCUT2D eigenvalue weighted by molar-refractivity contribution is 5.95. The summed E-state index contributed by atoms with van der Waals surface area (Å²) in [4.78, 5) is 12.0. The van der Waals surface area contributed by atoms with Crippen LogP contribution < -0.4 is 5.32 Å². The Morgan fingerprint density at radius 3 is 2.82 bits per heavy atom. The molecule has 0 unspecified atom stereocenters. The van der Waals surface area contributed by atoms with Gasteiger partial charge in [-0.1, -0.05) is 12.8 Å². The van der Waals surface area contributed by atoms with Gasteiger partial charge in [-0.3, -0.25) is 9.48 Å². The Bertz CT molecular complexity index is 414. The molecule has 94 valence electrons. The Labute approximate surface area is 101 Å². The molecule has 1 aromatic rings. The second-order valence-electron chi connectivity index (χ2n) is 4.70. The normalized spacial score (nSPS) is 24.6. The van der Waals surface area contributed by atoms with Crippen LogP contribution in [0.15, 0.2) is 6.20 Å². The molecule has 1 aromatic heterocycles. The van der Waals surface area contributed by atoms with Gasteiger partial charge in [-0.05, 0) is 19.8 Å². The number of amides is 1. The van der Waals surface area contributed by atoms with Gasteiger partial charge in [-0.25, -0.2) is 0 Å². The maximum Gasteiger partial charge on any atom is 0.255 e. The molecule has 1 fully saturated rings. The molecule has 1 saturated carbocycles. The highest BCUT2D eigenvalue weighted by Gasteiger charge is 2.25. The third-order valence-electron chi connectivity index (χ3n) is 3.53. The summed E-state index contributed by atoms with van der Waals surface area (Å²) in [5.41, 5.74) is 1.43. The molecule has 5 heteroatoms. The molecular weight excluding hydrogens is 218 g/mol. The van der Waals surface area contributed by atoms with E-state index < -0.39 is 6.10 Å². The van der Waals surface area contributed by atoms with Gasteiger partial charge < -0.3 is 10.4 Å². The average Bonchev–Trinajstić information content (AvgIpc) is 2.63. The van der Waals surface area contributed by atoms with E-state index >= 15 is 0 Å². The number of aliphatic hydroxyl groups is 1. The smallest absolute Gasteiger partial charge is 0.255 e. The highest BCUT2D eigenvalue weighted by atomic mass is 16.3. The maximum atomic E-state index is 12.0. The van der Waals surface area contributed by atoms with E-state index in [-0.39, 0.29) is 11.9 Å². The third-order valence-corrected chi connectivity index (χ3v) is 3.53. The van der Waals surface area contributed by atoms with Crippen LogP contribution in [0.3, 0.4) is 0 Å². The summed E-state index contributed by atoms with van der Waals surface area (Å²) in [6.45, 7) is 1.86. The molecule has 1 amide bonds. The van der Waals surface area contributed by atoms with Crippen molar-refractivity contribution in [3.8, 4) is 0 Å². The predicted molar refractivity (Wildman–Crippen MR) is 63.7 cm³/mol. The van der Waals surface area contributed by atoms with E-state index in [9.17, 15) is 9.90 Å². The molecule has 0 aromatic carbocycles. The van der Waals surface area contributed by atoms with Crippen LogP contribution >= 0.6 is 0 Å². The van der Waals surface area contributed by atoms with Crippen molar-refractivity contribution in [3.63, 3.8) is 0 Å². The van der Waals surface area contributed by atoms with Gasteiger partial charge in [0.2, 0.25) is 0 Å². The lowest BCUT2D eigenvalue weighted by molar-refractivity contribution is 0.0716. The van der Waals surface area contributed by atoms with Gasteiger partial charge in [0.25, 0.3) is 5.91 Å². The van der Waals surface area contributed by atoms with Crippen molar-refractivity contribution in [2.45, 2.75) is 44.8 Å². The summed E-state index contributed by atoms with van der Waals surface area (Å²) in [7, 11) is 1.81. The summed E-state index contributed by atoms with van der Waals surface area (Å²) in [6, 6.07) is -0.115. The standard InChI is InChI=1S/C12H19N3O2/c1-8-9(7-13-15(8)2)12(17)14-10-5-3-4-6-11(10)16/h7,10-11,16H,3-6H2,1-2H3,(H,14,17)/t10-,11-/m1/s1. The zero-order chi connectivity index (χ0) is 12.4. The fraction of sp³-hybridized carbons (Fsp3) is 0.667. The molecule has 1 heterocycles. The summed E-state index contributed by atoms with van der Waals surface area (Å²) >= 11 is 0. The van der Waals surface area contributed by atoms with E-state index in [0.29, 0.717) is 5.56 Å². The SMILES string of the molecule is Cc1c(C(=O)N[C@@H]2CCCC[C@H]2O)cnn1C. The van der Waals surface area contributed by atoms with Crippen molar-refractivity contribution in [2.24, 2.45) is 7.05 Å². The number of aryl methyl sites for hydroxylation is 1. The Morgan fingerprint density at radius 2 is 2.24 bits per heavy atom. The summed E-state index contributed by atoms with van der Waals surface area (Å²) in [5.74, 6) is -0.137. The van der Waals surface area contributed by atoms with Crippen molar-refractivity contribution in [1.82, 2.24) is 15.1 Å². The molecule has 0 saturated heterocycles. The number of aromatic nitrogens is 2. The number of carbonyl (C=O) groups excluding carboxylic acids is 1. The molecule has 0 spiro atoms. The summed E-state index contributed by atoms with van der Waals surface area (Å²) < 4.78 is 1.67. The number of hydrogen-bond donors (Lipinski definition) is 2. The van der Waals surface area contributed by atoms with Crippen LogP contribution in [-0.2, 0) is 7.05 Å². The van der Waals surface area contributed by atoms with Crippen molar-refractivity contribution < 1.29 is 9.90 Å². The number of hydrogen-bond acceptors (Lipinski definition) is 3. The molecule has 2 rings (SSSR count). The van der Waals surface area contributed by atoms with E-state index in [1.54, 1.807) is 10.9 Å². The monoisotopic (exact) mass is 237 g/mol. The predicted octanol–water partition coefficient (Wildman–Crippen LogP) is 0.762. The minimum absolute atomic E-state index is 0.115. The number of nitrogens with one attached hydrogen (secondary N) is 1. The van der Waals surface area contributed by atoms with Crippen molar-refractivity contribution in [1.29, 1.82) is 0 Å². The van der Waals surface area contributed by atoms with Crippen LogP contribution in [0, 0.1) is 6.92 Å². The third kappa shape index (κ3) is 2.49. The lowest BCUT2D eigenvalue weighted by Crippen LogP contribution is -2.45. The first kappa shape index (κ1) is 12.1. The minimum Gasteiger partial charge on any atom is -0.391 e. The molecule has 17 heavy (non-hydrogen) atoms. The molecule has 1 aliphatic carbocycles. The summed E-state index contributed by atoms with van der Waals surface area (Å²) in [5, 5.41) is 16.7. The first-order valence-electron chi connectivity index (χ1n) is 6.07. The minimum atomic E-state index is -0.412. The molecule has 0 radical (unpaired) electrons. The first-order valence-corrected chi connectivity index (χ1v) is 6.07. The van der Waals surface area contributed by atoms with Crippen molar-refractivity contribution in [2.75, 3.05) is 0 Å². The molecule has 1 aliphatic rings. The van der Waals surface area contributed by atoms with Gasteiger partial charge in [-0.2, -0.15) is 5.10 Å². The van der Waals surface area contributed by atoms with Gasteiger partial charge in [0, 0.05) is 12.7 Å². The van der Waals surface area contributed by atoms with E-state index in [0.717, 1.165) is 31.4 Å². The number of nitrogens with zero attached hydrogens (tertiary/aromatic N) is 2. The van der Waals surface area contributed by atoms with Crippen LogP contribution in [0.1, 0.15) is 41.7 Å². The Kier molecular flexibility index (Phi) is 3.47. The number of rotatable bonds is 2. The Balaban J connectivity index is 2.03. The Morgan fingerprint density at radius 1 is 1.53 bits per heavy atom. The first-order chi connectivity index (χ1) is 8.09. The molecular formula is C12H19N3O2. The van der Waals surface area contributed by atoms with Crippen LogP contribution in [0.4, 0.5) is 0 Å². The molecule has 5 nitrogen and oxygen atoms in total. The lowest BCUT2D eigenvalue weighted by atomic mass is 9.92. The molecule has 2 N–H and O–H groups in total. The van der Waals surface area contributed by atoms with Crippen LogP contribution in [0.5, 0.6) is 0 Å². The molecule has 0 aliphatic heterocycles. The quantitative estimate of drug-likeness (QED) is 0.798. The van der Waals surface area contributed by atoms with Crippen molar-refractivity contribution >= 4 is 5.91 Å². The molecule has 0 bridgehead atoms. The lowest BCUT2D eigenvalue weighted by Gasteiger charge is -2.28. The second-order valence-corrected chi connectivity index (χ2v) is 4.70. The fourth-order valence-electron chi connectivity index (χ4n) is 2.25. The van der Waals surface area contributed by atoms with E-state index in [4.69, 9.17) is 0 Å². The van der Waals surface area contributed by atoms with Crippen LogP contribution in [0.25, 0.3) is 0 Å². The van der Waals surface area contributed by atoms with Gasteiger partial charge in [0.15, 0.2) is 0 Å². The van der Waals surface area contributed by atoms with E-state index in [1.807, 2.05) is 14.0 Å². The van der Waals surface area contributed by atoms with Crippen molar-refractivity contribution in [3.05, 3.63) is 17.5 Å². The number of carbonyl (C=O) groups is 1. The van der Waals surface area contributed by atoms with Gasteiger partial charge >= 0.3 is 0 Å². The van der Waals surface area contributed by atoms with Crippen LogP contribution in [0.2, 0.25) is 0 Å². The summed E-state index contributed by atoms with van der Waals surface area (Å²) in [6.07, 6.45) is 4.89. The van der Waals surface area contributed by atoms with E-state index in [2.05, 4.69) is 10.4 Å². The molecule has 2 atom stereocenters. The zero-order valence-corrected chi connectivity index (χ0v) is 10.3. The number of aliphatic hydroxyl groups excluding tert-OH is 1. The fourth-order valence-corrected chi connectivity index (χ4v) is 2.25. The average molecular weight is 237 g/mol. The second kappa shape index (κ2) is 4.87. The van der Waals surface area contributed by atoms with Crippen LogP contribution in [-0.4, -0.2) is 32.9 Å². The topological polar surface area (TPSA) is 67.2 Å². The Hall–Kier alpha value is -1.36.